The van der Waals surface area contributed by atoms with Gasteiger partial charge in [-0.25, -0.2) is 4.79 Å². The number of hydrogen-bond donors (Lipinski definition) is 1. The molecule has 0 amide bonds. The van der Waals surface area contributed by atoms with Crippen LogP contribution in [-0.4, -0.2) is 52.7 Å². The first-order chi connectivity index (χ1) is 6.09. The van der Waals surface area contributed by atoms with E-state index in [0.717, 1.165) is 5.56 Å². The Bertz CT molecular complexity index is 330. The molecule has 1 radical (unpaired) electrons. The van der Waals surface area contributed by atoms with Gasteiger partial charge < -0.3 is 15.3 Å². The zero-order valence-electron chi connectivity index (χ0n) is 8.58. The topological polar surface area (TPSA) is 78.0 Å². The fourth-order valence-corrected chi connectivity index (χ4v) is 1.14. The van der Waals surface area contributed by atoms with Gasteiger partial charge in [0, 0.05) is 34.6 Å². The predicted octanol–water partition coefficient (Wildman–Crippen LogP) is 0.906. The number of hydrogen-bond acceptors (Lipinski definition) is 2. The van der Waals surface area contributed by atoms with Crippen LogP contribution in [0.15, 0.2) is 18.2 Å². The van der Waals surface area contributed by atoms with Gasteiger partial charge in [0.2, 0.25) is 0 Å². The quantitative estimate of drug-likeness (QED) is 0.799. The predicted molar refractivity (Wildman–Crippen MR) is 58.7 cm³/mol. The number of ether oxygens (including phenoxy) is 1. The van der Waals surface area contributed by atoms with Gasteiger partial charge in [-0.05, 0) is 30.7 Å². The van der Waals surface area contributed by atoms with Crippen LogP contribution in [0.1, 0.15) is 5.56 Å². The van der Waals surface area contributed by atoms with E-state index in [4.69, 9.17) is 21.4 Å². The SMILES string of the molecule is Cc1cc(Cl)ccc1OCC(=O)O.O.[Na]. The molecule has 0 aromatic heterocycles. The molecule has 6 heteroatoms. The molecule has 0 saturated carbocycles. The molecule has 0 heterocycles. The van der Waals surface area contributed by atoms with Gasteiger partial charge in [-0.15, -0.1) is 0 Å². The summed E-state index contributed by atoms with van der Waals surface area (Å²) in [6, 6.07) is 5.03. The van der Waals surface area contributed by atoms with Crippen molar-refractivity contribution in [1.82, 2.24) is 0 Å². The summed E-state index contributed by atoms with van der Waals surface area (Å²) in [5.74, 6) is -0.443. The molecular formula is C9H11ClNaO4. The zero-order chi connectivity index (χ0) is 9.84. The Balaban J connectivity index is 0. The second kappa shape index (κ2) is 7.96. The minimum atomic E-state index is -0.991. The van der Waals surface area contributed by atoms with Crippen molar-refractivity contribution in [1.29, 1.82) is 0 Å². The largest absolute Gasteiger partial charge is 0.482 e. The van der Waals surface area contributed by atoms with E-state index >= 15 is 0 Å². The van der Waals surface area contributed by atoms with E-state index in [0.29, 0.717) is 10.8 Å². The number of aryl methyl sites for hydroxylation is 1. The number of carboxylic acid groups (broad SMARTS) is 1. The van der Waals surface area contributed by atoms with Gasteiger partial charge >= 0.3 is 5.97 Å². The first-order valence-corrected chi connectivity index (χ1v) is 4.08. The van der Waals surface area contributed by atoms with Gasteiger partial charge in [-0.3, -0.25) is 0 Å². The third-order valence-electron chi connectivity index (χ3n) is 1.49. The van der Waals surface area contributed by atoms with Crippen LogP contribution in [-0.2, 0) is 4.79 Å². The summed E-state index contributed by atoms with van der Waals surface area (Å²) in [6.07, 6.45) is 0. The van der Waals surface area contributed by atoms with Gasteiger partial charge in [-0.2, -0.15) is 0 Å². The molecule has 0 aliphatic carbocycles. The summed E-state index contributed by atoms with van der Waals surface area (Å²) < 4.78 is 5.00. The van der Waals surface area contributed by atoms with Crippen molar-refractivity contribution in [3.8, 4) is 5.75 Å². The zero-order valence-corrected chi connectivity index (χ0v) is 11.3. The van der Waals surface area contributed by atoms with Crippen LogP contribution in [0, 0.1) is 6.92 Å². The fourth-order valence-electron chi connectivity index (χ4n) is 0.914. The number of carboxylic acids is 1. The molecule has 1 aromatic rings. The van der Waals surface area contributed by atoms with Crippen molar-refractivity contribution in [2.45, 2.75) is 6.92 Å². The van der Waals surface area contributed by atoms with E-state index in [1.165, 1.54) is 0 Å². The molecule has 0 unspecified atom stereocenters. The monoisotopic (exact) mass is 241 g/mol. The third-order valence-corrected chi connectivity index (χ3v) is 1.72. The van der Waals surface area contributed by atoms with E-state index in [1.807, 2.05) is 6.92 Å². The molecule has 4 nitrogen and oxygen atoms in total. The van der Waals surface area contributed by atoms with E-state index in [2.05, 4.69) is 0 Å². The minimum absolute atomic E-state index is 0. The van der Waals surface area contributed by atoms with Crippen molar-refractivity contribution >= 4 is 47.1 Å². The molecule has 0 bridgehead atoms. The third kappa shape index (κ3) is 6.02. The van der Waals surface area contributed by atoms with Crippen LogP contribution in [0.2, 0.25) is 5.02 Å². The Morgan fingerprint density at radius 2 is 2.13 bits per heavy atom. The van der Waals surface area contributed by atoms with E-state index < -0.39 is 5.97 Å². The summed E-state index contributed by atoms with van der Waals surface area (Å²) in [5.41, 5.74) is 0.828. The first-order valence-electron chi connectivity index (χ1n) is 3.70. The maximum atomic E-state index is 10.2. The average Bonchev–Trinajstić information content (AvgIpc) is 2.02. The molecule has 1 rings (SSSR count). The number of carbonyl (C=O) groups is 1. The second-order valence-corrected chi connectivity index (χ2v) is 3.03. The van der Waals surface area contributed by atoms with Crippen LogP contribution < -0.4 is 4.74 Å². The summed E-state index contributed by atoms with van der Waals surface area (Å²) in [7, 11) is 0. The number of halogens is 1. The van der Waals surface area contributed by atoms with Crippen molar-refractivity contribution in [3.05, 3.63) is 28.8 Å². The Kier molecular flexibility index (Phi) is 9.10. The number of rotatable bonds is 3. The average molecular weight is 242 g/mol. The molecule has 0 fully saturated rings. The second-order valence-electron chi connectivity index (χ2n) is 2.59. The van der Waals surface area contributed by atoms with Crippen LogP contribution in [0.3, 0.4) is 0 Å². The van der Waals surface area contributed by atoms with Crippen molar-refractivity contribution < 1.29 is 20.1 Å². The Hall–Kier alpha value is -0.260. The summed E-state index contributed by atoms with van der Waals surface area (Å²) in [4.78, 5) is 10.2. The smallest absolute Gasteiger partial charge is 0.341 e. The summed E-state index contributed by atoms with van der Waals surface area (Å²) in [5, 5.41) is 8.98. The summed E-state index contributed by atoms with van der Waals surface area (Å²) >= 11 is 5.71. The maximum Gasteiger partial charge on any atom is 0.341 e. The standard InChI is InChI=1S/C9H9ClO3.Na.H2O/c1-6-4-7(10)2-3-8(6)13-5-9(11)12;;/h2-4H,5H2,1H3,(H,11,12);;1H2. The molecule has 1 aromatic carbocycles. The van der Waals surface area contributed by atoms with Crippen LogP contribution >= 0.6 is 11.6 Å². The van der Waals surface area contributed by atoms with Gasteiger partial charge in [0.05, 0.1) is 0 Å². The summed E-state index contributed by atoms with van der Waals surface area (Å²) in [6.45, 7) is 1.48. The molecule has 79 valence electrons. The molecule has 0 aliphatic heterocycles. The molecule has 15 heavy (non-hydrogen) atoms. The fraction of sp³-hybridized carbons (Fsp3) is 0.222. The van der Waals surface area contributed by atoms with Gasteiger partial charge in [0.25, 0.3) is 0 Å². The van der Waals surface area contributed by atoms with Crippen molar-refractivity contribution in [2.24, 2.45) is 0 Å². The number of aliphatic carboxylic acids is 1. The molecule has 0 spiro atoms. The normalized spacial score (nSPS) is 8.40. The molecule has 0 aliphatic rings. The van der Waals surface area contributed by atoms with Crippen LogP contribution in [0.25, 0.3) is 0 Å². The maximum absolute atomic E-state index is 10.2. The Morgan fingerprint density at radius 1 is 1.53 bits per heavy atom. The number of benzene rings is 1. The van der Waals surface area contributed by atoms with Crippen molar-refractivity contribution in [2.75, 3.05) is 6.61 Å². The van der Waals surface area contributed by atoms with Gasteiger partial charge in [0.1, 0.15) is 5.75 Å². The van der Waals surface area contributed by atoms with Crippen LogP contribution in [0.4, 0.5) is 0 Å². The molecule has 0 atom stereocenters. The van der Waals surface area contributed by atoms with Gasteiger partial charge in [-0.1, -0.05) is 11.6 Å². The van der Waals surface area contributed by atoms with E-state index in [-0.39, 0.29) is 41.6 Å². The molecule has 0 saturated heterocycles. The van der Waals surface area contributed by atoms with Crippen LogP contribution in [0.5, 0.6) is 5.75 Å². The molecular weight excluding hydrogens is 231 g/mol. The van der Waals surface area contributed by atoms with Gasteiger partial charge in [0.15, 0.2) is 6.61 Å². The van der Waals surface area contributed by atoms with E-state index in [9.17, 15) is 4.79 Å². The molecule has 3 N–H and O–H groups in total. The van der Waals surface area contributed by atoms with Crippen molar-refractivity contribution in [3.63, 3.8) is 0 Å². The first kappa shape index (κ1) is 17.1. The Morgan fingerprint density at radius 3 is 2.60 bits per heavy atom. The Labute approximate surface area is 115 Å². The van der Waals surface area contributed by atoms with E-state index in [1.54, 1.807) is 18.2 Å². The minimum Gasteiger partial charge on any atom is -0.482 e.